The van der Waals surface area contributed by atoms with Crippen molar-refractivity contribution in [1.82, 2.24) is 4.31 Å². The molecular formula is C20H24Cl2N2O2S. The van der Waals surface area contributed by atoms with Crippen molar-refractivity contribution >= 4 is 38.9 Å². The van der Waals surface area contributed by atoms with Crippen LogP contribution in [0.1, 0.15) is 31.7 Å². The van der Waals surface area contributed by atoms with Gasteiger partial charge in [0.2, 0.25) is 10.0 Å². The van der Waals surface area contributed by atoms with Gasteiger partial charge in [0.1, 0.15) is 0 Å². The minimum atomic E-state index is -3.47. The molecule has 0 N–H and O–H groups in total. The van der Waals surface area contributed by atoms with E-state index in [0.717, 1.165) is 12.1 Å². The summed E-state index contributed by atoms with van der Waals surface area (Å²) in [6.45, 7) is 6.38. The van der Waals surface area contributed by atoms with E-state index >= 15 is 0 Å². The molecule has 0 radical (unpaired) electrons. The van der Waals surface area contributed by atoms with Crippen LogP contribution >= 0.6 is 23.2 Å². The highest BCUT2D eigenvalue weighted by atomic mass is 35.5. The molecule has 0 bridgehead atoms. The summed E-state index contributed by atoms with van der Waals surface area (Å²) in [5, 5.41) is 1.02. The third kappa shape index (κ3) is 4.43. The zero-order valence-corrected chi connectivity index (χ0v) is 17.9. The molecule has 3 rings (SSSR count). The summed E-state index contributed by atoms with van der Waals surface area (Å²) >= 11 is 12.1. The first kappa shape index (κ1) is 20.5. The Balaban J connectivity index is 1.70. The molecule has 0 saturated carbocycles. The minimum absolute atomic E-state index is 0.359. The molecule has 1 aliphatic rings. The van der Waals surface area contributed by atoms with Crippen molar-refractivity contribution in [2.24, 2.45) is 0 Å². The van der Waals surface area contributed by atoms with Crippen LogP contribution in [0.15, 0.2) is 47.4 Å². The van der Waals surface area contributed by atoms with Crippen LogP contribution in [0.2, 0.25) is 10.0 Å². The van der Waals surface area contributed by atoms with E-state index in [1.54, 1.807) is 22.5 Å². The van der Waals surface area contributed by atoms with Gasteiger partial charge in [-0.15, -0.1) is 0 Å². The number of halogens is 2. The molecule has 0 aromatic heterocycles. The lowest BCUT2D eigenvalue weighted by Gasteiger charge is -2.35. The molecule has 0 spiro atoms. The smallest absolute Gasteiger partial charge is 0.243 e. The van der Waals surface area contributed by atoms with Crippen molar-refractivity contribution in [3.05, 3.63) is 58.1 Å². The first-order chi connectivity index (χ1) is 12.8. The number of piperazine rings is 1. The molecule has 1 saturated heterocycles. The molecule has 2 aromatic carbocycles. The zero-order valence-electron chi connectivity index (χ0n) is 15.5. The highest BCUT2D eigenvalue weighted by Crippen LogP contribution is 2.29. The monoisotopic (exact) mass is 426 g/mol. The lowest BCUT2D eigenvalue weighted by Crippen LogP contribution is -2.48. The summed E-state index contributed by atoms with van der Waals surface area (Å²) in [6, 6.07) is 12.8. The predicted octanol–water partition coefficient (Wildman–Crippen LogP) is 5.02. The quantitative estimate of drug-likeness (QED) is 0.673. The Labute approximate surface area is 171 Å². The van der Waals surface area contributed by atoms with Gasteiger partial charge in [0.05, 0.1) is 14.9 Å². The number of nitrogens with zero attached hydrogens (tertiary/aromatic N) is 2. The second-order valence-electron chi connectivity index (χ2n) is 6.87. The van der Waals surface area contributed by atoms with Crippen molar-refractivity contribution < 1.29 is 8.42 Å². The predicted molar refractivity (Wildman–Crippen MR) is 113 cm³/mol. The summed E-state index contributed by atoms with van der Waals surface area (Å²) in [7, 11) is -3.47. The Bertz CT molecular complexity index is 893. The maximum Gasteiger partial charge on any atom is 0.243 e. The SMILES string of the molecule is CC[C@@H](C)c1ccc(S(=O)(=O)N2CCN(c3ccc(Cl)c(Cl)c3)CC2)cc1. The van der Waals surface area contributed by atoms with Gasteiger partial charge < -0.3 is 4.90 Å². The van der Waals surface area contributed by atoms with Crippen molar-refractivity contribution in [3.8, 4) is 0 Å². The Morgan fingerprint density at radius 1 is 0.963 bits per heavy atom. The van der Waals surface area contributed by atoms with Crippen LogP contribution in [-0.4, -0.2) is 38.9 Å². The largest absolute Gasteiger partial charge is 0.369 e. The van der Waals surface area contributed by atoms with Gasteiger partial charge in [0.15, 0.2) is 0 Å². The number of hydrogen-bond acceptors (Lipinski definition) is 3. The maximum absolute atomic E-state index is 12.9. The molecule has 1 heterocycles. The minimum Gasteiger partial charge on any atom is -0.369 e. The van der Waals surface area contributed by atoms with Gasteiger partial charge in [-0.1, -0.05) is 49.2 Å². The Hall–Kier alpha value is -1.27. The molecule has 7 heteroatoms. The topological polar surface area (TPSA) is 40.6 Å². The van der Waals surface area contributed by atoms with Crippen LogP contribution in [0.25, 0.3) is 0 Å². The van der Waals surface area contributed by atoms with Gasteiger partial charge in [-0.2, -0.15) is 4.31 Å². The number of rotatable bonds is 5. The summed E-state index contributed by atoms with van der Waals surface area (Å²) < 4.78 is 27.5. The molecule has 27 heavy (non-hydrogen) atoms. The van der Waals surface area contributed by atoms with Crippen LogP contribution in [0.3, 0.4) is 0 Å². The van der Waals surface area contributed by atoms with Crippen LogP contribution in [0.5, 0.6) is 0 Å². The summed E-state index contributed by atoms with van der Waals surface area (Å²) in [6.07, 6.45) is 1.03. The average Bonchev–Trinajstić information content (AvgIpc) is 2.69. The Kier molecular flexibility index (Phi) is 6.36. The van der Waals surface area contributed by atoms with Crippen molar-refractivity contribution in [1.29, 1.82) is 0 Å². The van der Waals surface area contributed by atoms with E-state index in [1.165, 1.54) is 5.56 Å². The van der Waals surface area contributed by atoms with E-state index in [-0.39, 0.29) is 0 Å². The summed E-state index contributed by atoms with van der Waals surface area (Å²) in [5.74, 6) is 0.427. The van der Waals surface area contributed by atoms with E-state index in [1.807, 2.05) is 24.3 Å². The molecule has 1 aliphatic heterocycles. The van der Waals surface area contributed by atoms with Gasteiger partial charge in [-0.3, -0.25) is 0 Å². The highest BCUT2D eigenvalue weighted by molar-refractivity contribution is 7.89. The fourth-order valence-corrected chi connectivity index (χ4v) is 4.94. The number of sulfonamides is 1. The Morgan fingerprint density at radius 2 is 1.59 bits per heavy atom. The molecule has 0 aliphatic carbocycles. The third-order valence-corrected chi connectivity index (χ3v) is 7.86. The van der Waals surface area contributed by atoms with Crippen molar-refractivity contribution in [2.75, 3.05) is 31.1 Å². The fourth-order valence-electron chi connectivity index (χ4n) is 3.22. The molecule has 1 atom stereocenters. The number of anilines is 1. The molecular weight excluding hydrogens is 403 g/mol. The summed E-state index contributed by atoms with van der Waals surface area (Å²) in [4.78, 5) is 2.48. The van der Waals surface area contributed by atoms with Crippen molar-refractivity contribution in [2.45, 2.75) is 31.1 Å². The van der Waals surface area contributed by atoms with Crippen LogP contribution in [0, 0.1) is 0 Å². The average molecular weight is 427 g/mol. The van der Waals surface area contributed by atoms with E-state index in [9.17, 15) is 8.42 Å². The first-order valence-corrected chi connectivity index (χ1v) is 11.3. The van der Waals surface area contributed by atoms with E-state index in [4.69, 9.17) is 23.2 Å². The standard InChI is InChI=1S/C20H24Cl2N2O2S/c1-3-15(2)16-4-7-18(8-5-16)27(25,26)24-12-10-23(11-13-24)17-6-9-19(21)20(22)14-17/h4-9,14-15H,3,10-13H2,1-2H3/t15-/m1/s1. The fraction of sp³-hybridized carbons (Fsp3) is 0.400. The summed E-state index contributed by atoms with van der Waals surface area (Å²) in [5.41, 5.74) is 2.13. The molecule has 2 aromatic rings. The van der Waals surface area contributed by atoms with E-state index in [2.05, 4.69) is 18.7 Å². The third-order valence-electron chi connectivity index (χ3n) is 5.21. The van der Waals surface area contributed by atoms with Crippen LogP contribution in [0.4, 0.5) is 5.69 Å². The molecule has 4 nitrogen and oxygen atoms in total. The second-order valence-corrected chi connectivity index (χ2v) is 9.62. The van der Waals surface area contributed by atoms with E-state index < -0.39 is 10.0 Å². The van der Waals surface area contributed by atoms with E-state index in [0.29, 0.717) is 47.0 Å². The number of hydrogen-bond donors (Lipinski definition) is 0. The highest BCUT2D eigenvalue weighted by Gasteiger charge is 2.28. The number of benzene rings is 2. The van der Waals surface area contributed by atoms with Gasteiger partial charge in [0, 0.05) is 31.9 Å². The molecule has 1 fully saturated rings. The van der Waals surface area contributed by atoms with Crippen LogP contribution < -0.4 is 4.90 Å². The second kappa shape index (κ2) is 8.39. The molecule has 0 amide bonds. The molecule has 146 valence electrons. The Morgan fingerprint density at radius 3 is 2.15 bits per heavy atom. The maximum atomic E-state index is 12.9. The normalized spacial score (nSPS) is 17.1. The lowest BCUT2D eigenvalue weighted by atomic mass is 9.99. The van der Waals surface area contributed by atoms with Gasteiger partial charge in [0.25, 0.3) is 0 Å². The first-order valence-electron chi connectivity index (χ1n) is 9.13. The molecule has 0 unspecified atom stereocenters. The van der Waals surface area contributed by atoms with Gasteiger partial charge in [-0.25, -0.2) is 8.42 Å². The van der Waals surface area contributed by atoms with Crippen LogP contribution in [-0.2, 0) is 10.0 Å². The zero-order chi connectivity index (χ0) is 19.6. The van der Waals surface area contributed by atoms with Crippen molar-refractivity contribution in [3.63, 3.8) is 0 Å². The van der Waals surface area contributed by atoms with Gasteiger partial charge >= 0.3 is 0 Å². The lowest BCUT2D eigenvalue weighted by molar-refractivity contribution is 0.385. The van der Waals surface area contributed by atoms with Gasteiger partial charge in [-0.05, 0) is 48.2 Å².